The summed E-state index contributed by atoms with van der Waals surface area (Å²) in [7, 11) is 0. The molecule has 0 aromatic carbocycles. The van der Waals surface area contributed by atoms with E-state index in [1.54, 1.807) is 0 Å². The van der Waals surface area contributed by atoms with E-state index in [9.17, 15) is 4.79 Å². The normalized spacial score (nSPS) is 11.3. The number of ether oxygens (including phenoxy) is 1. The second-order valence-electron chi connectivity index (χ2n) is 5.67. The summed E-state index contributed by atoms with van der Waals surface area (Å²) in [5.74, 6) is -0.301. The Morgan fingerprint density at radius 1 is 0.950 bits per heavy atom. The fourth-order valence-corrected chi connectivity index (χ4v) is 2.55. The molecule has 20 heavy (non-hydrogen) atoms. The Hall–Kier alpha value is -0.830. The number of nitrogens with zero attached hydrogens (tertiary/aromatic N) is 1. The Balaban J connectivity index is 4.56. The Morgan fingerprint density at radius 3 is 1.75 bits per heavy atom. The molecule has 0 aromatic heterocycles. The van der Waals surface area contributed by atoms with Crippen LogP contribution in [0.15, 0.2) is 12.7 Å². The summed E-state index contributed by atoms with van der Waals surface area (Å²) in [6, 6.07) is 0. The van der Waals surface area contributed by atoms with Crippen LogP contribution in [0.3, 0.4) is 0 Å². The first-order valence-electron chi connectivity index (χ1n) is 8.28. The van der Waals surface area contributed by atoms with Crippen LogP contribution in [-0.4, -0.2) is 43.2 Å². The molecule has 0 spiro atoms. The summed E-state index contributed by atoms with van der Waals surface area (Å²) in [6.07, 6.45) is 8.69. The molecular weight excluding hydrogens is 250 g/mol. The van der Waals surface area contributed by atoms with E-state index in [4.69, 9.17) is 4.74 Å². The van der Waals surface area contributed by atoms with E-state index in [0.717, 1.165) is 11.0 Å². The van der Waals surface area contributed by atoms with Gasteiger partial charge in [-0.1, -0.05) is 46.6 Å². The van der Waals surface area contributed by atoms with Crippen LogP contribution < -0.4 is 0 Å². The number of esters is 1. The first kappa shape index (κ1) is 19.2. The minimum Gasteiger partial charge on any atom is -0.457 e. The van der Waals surface area contributed by atoms with Gasteiger partial charge in [0.2, 0.25) is 0 Å². The standard InChI is InChI=1S/C17H34NO2/c1-5-9-12-18(13-10-6-2,14-11-7-3)15-16-20-17(19)8-4/h8H,4-7,9-16H2,1-3H3/q+1. The maximum absolute atomic E-state index is 11.2. The lowest BCUT2D eigenvalue weighted by Gasteiger charge is -2.39. The van der Waals surface area contributed by atoms with E-state index in [1.165, 1.54) is 64.2 Å². The Morgan fingerprint density at radius 2 is 1.40 bits per heavy atom. The van der Waals surface area contributed by atoms with Crippen LogP contribution in [0, 0.1) is 0 Å². The van der Waals surface area contributed by atoms with Crippen molar-refractivity contribution in [3.05, 3.63) is 12.7 Å². The Kier molecular flexibility index (Phi) is 11.5. The van der Waals surface area contributed by atoms with Crippen molar-refractivity contribution < 1.29 is 14.0 Å². The van der Waals surface area contributed by atoms with Gasteiger partial charge in [-0.05, 0) is 19.3 Å². The van der Waals surface area contributed by atoms with Gasteiger partial charge >= 0.3 is 5.97 Å². The second-order valence-corrected chi connectivity index (χ2v) is 5.67. The highest BCUT2D eigenvalue weighted by Crippen LogP contribution is 2.14. The van der Waals surface area contributed by atoms with Gasteiger partial charge in [0.25, 0.3) is 0 Å². The van der Waals surface area contributed by atoms with Crippen molar-refractivity contribution >= 4 is 5.97 Å². The Bertz CT molecular complexity index is 242. The molecule has 0 aliphatic carbocycles. The number of quaternary nitrogens is 1. The fraction of sp³-hybridized carbons (Fsp3) is 0.824. The molecule has 3 nitrogen and oxygen atoms in total. The Labute approximate surface area is 125 Å². The molecule has 0 rings (SSSR count). The van der Waals surface area contributed by atoms with Crippen molar-refractivity contribution in [3.8, 4) is 0 Å². The first-order valence-corrected chi connectivity index (χ1v) is 8.28. The van der Waals surface area contributed by atoms with Crippen molar-refractivity contribution in [2.75, 3.05) is 32.8 Å². The molecule has 0 aliphatic heterocycles. The van der Waals surface area contributed by atoms with Crippen molar-refractivity contribution in [2.45, 2.75) is 59.3 Å². The van der Waals surface area contributed by atoms with Crippen LogP contribution in [0.4, 0.5) is 0 Å². The van der Waals surface area contributed by atoms with Crippen molar-refractivity contribution in [1.29, 1.82) is 0 Å². The fourth-order valence-electron chi connectivity index (χ4n) is 2.55. The monoisotopic (exact) mass is 284 g/mol. The van der Waals surface area contributed by atoms with Gasteiger partial charge in [-0.3, -0.25) is 0 Å². The molecule has 0 heterocycles. The van der Waals surface area contributed by atoms with E-state index in [-0.39, 0.29) is 5.97 Å². The lowest BCUT2D eigenvalue weighted by molar-refractivity contribution is -0.929. The average molecular weight is 284 g/mol. The zero-order chi connectivity index (χ0) is 15.3. The third kappa shape index (κ3) is 8.36. The molecule has 0 atom stereocenters. The number of hydrogen-bond donors (Lipinski definition) is 0. The maximum Gasteiger partial charge on any atom is 0.330 e. The zero-order valence-corrected chi connectivity index (χ0v) is 13.8. The quantitative estimate of drug-likeness (QED) is 0.291. The van der Waals surface area contributed by atoms with Crippen molar-refractivity contribution in [2.24, 2.45) is 0 Å². The molecule has 0 amide bonds. The number of hydrogen-bond acceptors (Lipinski definition) is 2. The highest BCUT2D eigenvalue weighted by atomic mass is 16.5. The maximum atomic E-state index is 11.2. The molecule has 0 unspecified atom stereocenters. The highest BCUT2D eigenvalue weighted by molar-refractivity contribution is 5.81. The molecule has 0 fully saturated rings. The molecule has 0 bridgehead atoms. The van der Waals surface area contributed by atoms with Crippen molar-refractivity contribution in [1.82, 2.24) is 0 Å². The predicted molar refractivity (Wildman–Crippen MR) is 85.6 cm³/mol. The van der Waals surface area contributed by atoms with Gasteiger partial charge in [0.15, 0.2) is 0 Å². The van der Waals surface area contributed by atoms with Crippen LogP contribution in [0.2, 0.25) is 0 Å². The second kappa shape index (κ2) is 12.0. The van der Waals surface area contributed by atoms with Gasteiger partial charge in [-0.25, -0.2) is 4.79 Å². The van der Waals surface area contributed by atoms with Gasteiger partial charge in [-0.15, -0.1) is 0 Å². The lowest BCUT2D eigenvalue weighted by atomic mass is 10.1. The molecule has 0 saturated heterocycles. The van der Waals surface area contributed by atoms with Crippen molar-refractivity contribution in [3.63, 3.8) is 0 Å². The molecule has 0 radical (unpaired) electrons. The minimum absolute atomic E-state index is 0.301. The average Bonchev–Trinajstić information content (AvgIpc) is 2.48. The van der Waals surface area contributed by atoms with E-state index in [0.29, 0.717) is 6.61 Å². The number of rotatable bonds is 13. The van der Waals surface area contributed by atoms with E-state index in [1.807, 2.05) is 0 Å². The summed E-state index contributed by atoms with van der Waals surface area (Å²) in [5, 5.41) is 0. The largest absolute Gasteiger partial charge is 0.457 e. The summed E-state index contributed by atoms with van der Waals surface area (Å²) < 4.78 is 6.33. The number of carbonyl (C=O) groups is 1. The van der Waals surface area contributed by atoms with Gasteiger partial charge in [0, 0.05) is 6.08 Å². The van der Waals surface area contributed by atoms with E-state index >= 15 is 0 Å². The first-order chi connectivity index (χ1) is 9.64. The summed E-state index contributed by atoms with van der Waals surface area (Å²) in [5.41, 5.74) is 0. The minimum atomic E-state index is -0.301. The summed E-state index contributed by atoms with van der Waals surface area (Å²) in [6.45, 7) is 15.3. The molecule has 3 heteroatoms. The van der Waals surface area contributed by atoms with Gasteiger partial charge < -0.3 is 9.22 Å². The summed E-state index contributed by atoms with van der Waals surface area (Å²) in [4.78, 5) is 11.2. The molecular formula is C17H34NO2+. The lowest BCUT2D eigenvalue weighted by Crippen LogP contribution is -2.52. The third-order valence-electron chi connectivity index (χ3n) is 3.93. The third-order valence-corrected chi connectivity index (χ3v) is 3.93. The van der Waals surface area contributed by atoms with Gasteiger partial charge in [-0.2, -0.15) is 0 Å². The SMILES string of the molecule is C=CC(=O)OCC[N+](CCCC)(CCCC)CCCC. The van der Waals surface area contributed by atoms with E-state index in [2.05, 4.69) is 27.4 Å². The molecule has 0 saturated carbocycles. The van der Waals surface area contributed by atoms with Crippen LogP contribution >= 0.6 is 0 Å². The molecule has 0 aromatic rings. The smallest absolute Gasteiger partial charge is 0.330 e. The highest BCUT2D eigenvalue weighted by Gasteiger charge is 2.25. The summed E-state index contributed by atoms with van der Waals surface area (Å²) >= 11 is 0. The number of unbranched alkanes of at least 4 members (excludes halogenated alkanes) is 3. The van der Waals surface area contributed by atoms with Crippen LogP contribution in [0.5, 0.6) is 0 Å². The van der Waals surface area contributed by atoms with Gasteiger partial charge in [0.05, 0.1) is 19.6 Å². The van der Waals surface area contributed by atoms with Gasteiger partial charge in [0.1, 0.15) is 13.2 Å². The molecule has 0 N–H and O–H groups in total. The molecule has 118 valence electrons. The number of carbonyl (C=O) groups excluding carboxylic acids is 1. The van der Waals surface area contributed by atoms with E-state index < -0.39 is 0 Å². The van der Waals surface area contributed by atoms with Crippen LogP contribution in [-0.2, 0) is 9.53 Å². The molecule has 0 aliphatic rings. The topological polar surface area (TPSA) is 26.3 Å². The zero-order valence-electron chi connectivity index (χ0n) is 13.8. The van der Waals surface area contributed by atoms with Crippen LogP contribution in [0.1, 0.15) is 59.3 Å². The predicted octanol–water partition coefficient (Wildman–Crippen LogP) is 3.93. The van der Waals surface area contributed by atoms with Crippen LogP contribution in [0.25, 0.3) is 0 Å².